The number of rotatable bonds is 5. The lowest BCUT2D eigenvalue weighted by Crippen LogP contribution is -2.11. The quantitative estimate of drug-likeness (QED) is 0.855. The van der Waals surface area contributed by atoms with Gasteiger partial charge in [-0.1, -0.05) is 48.5 Å². The lowest BCUT2D eigenvalue weighted by molar-refractivity contribution is 0.726. The average molecular weight is 271 g/mol. The third kappa shape index (κ3) is 4.12. The van der Waals surface area contributed by atoms with Crippen molar-refractivity contribution in [2.75, 3.05) is 6.54 Å². The molecule has 0 radical (unpaired) electrons. The highest BCUT2D eigenvalue weighted by atomic mass is 32.2. The molecule has 1 N–H and O–H groups in total. The number of benzene rings is 2. The van der Waals surface area contributed by atoms with E-state index in [1.165, 1.54) is 26.5 Å². The van der Waals surface area contributed by atoms with Gasteiger partial charge in [-0.15, -0.1) is 0 Å². The van der Waals surface area contributed by atoms with Crippen LogP contribution < -0.4 is 5.32 Å². The highest BCUT2D eigenvalue weighted by molar-refractivity contribution is 7.99. The van der Waals surface area contributed by atoms with Gasteiger partial charge in [-0.05, 0) is 49.7 Å². The molecular formula is C17H21NS. The van der Waals surface area contributed by atoms with Gasteiger partial charge in [0.1, 0.15) is 0 Å². The summed E-state index contributed by atoms with van der Waals surface area (Å²) in [6, 6.07) is 15.4. The summed E-state index contributed by atoms with van der Waals surface area (Å²) in [5.74, 6) is 0. The number of aryl methyl sites for hydroxylation is 2. The Labute approximate surface area is 120 Å². The highest BCUT2D eigenvalue weighted by Gasteiger charge is 2.03. The Morgan fingerprint density at radius 3 is 2.58 bits per heavy atom. The van der Waals surface area contributed by atoms with Crippen molar-refractivity contribution in [2.45, 2.75) is 37.1 Å². The van der Waals surface area contributed by atoms with Crippen molar-refractivity contribution in [3.05, 3.63) is 59.2 Å². The van der Waals surface area contributed by atoms with Gasteiger partial charge in [0.2, 0.25) is 0 Å². The van der Waals surface area contributed by atoms with Gasteiger partial charge in [0.15, 0.2) is 0 Å². The van der Waals surface area contributed by atoms with Crippen LogP contribution in [-0.4, -0.2) is 6.54 Å². The van der Waals surface area contributed by atoms with Crippen LogP contribution in [-0.2, 0) is 6.54 Å². The normalized spacial score (nSPS) is 10.7. The Morgan fingerprint density at radius 1 is 1.05 bits per heavy atom. The molecule has 0 aromatic heterocycles. The molecule has 2 aromatic rings. The van der Waals surface area contributed by atoms with Crippen LogP contribution >= 0.6 is 11.8 Å². The zero-order chi connectivity index (χ0) is 13.7. The number of hydrogen-bond donors (Lipinski definition) is 1. The minimum Gasteiger partial charge on any atom is -0.313 e. The van der Waals surface area contributed by atoms with Crippen LogP contribution in [0.25, 0.3) is 0 Å². The van der Waals surface area contributed by atoms with Gasteiger partial charge in [0.25, 0.3) is 0 Å². The molecule has 0 aliphatic carbocycles. The lowest BCUT2D eigenvalue weighted by atomic mass is 10.1. The lowest BCUT2D eigenvalue weighted by Gasteiger charge is -2.09. The number of nitrogens with one attached hydrogen (secondary N) is 1. The molecule has 2 rings (SSSR count). The second-order valence-corrected chi connectivity index (χ2v) is 5.91. The smallest absolute Gasteiger partial charge is 0.0205 e. The Hall–Kier alpha value is -1.25. The number of hydrogen-bond acceptors (Lipinski definition) is 2. The zero-order valence-corrected chi connectivity index (χ0v) is 12.7. The molecule has 0 atom stereocenters. The van der Waals surface area contributed by atoms with Gasteiger partial charge >= 0.3 is 0 Å². The van der Waals surface area contributed by atoms with E-state index in [0.29, 0.717) is 0 Å². The fourth-order valence-electron chi connectivity index (χ4n) is 2.01. The predicted octanol–water partition coefficient (Wildman–Crippen LogP) is 4.56. The maximum Gasteiger partial charge on any atom is 0.0205 e. The van der Waals surface area contributed by atoms with Crippen LogP contribution in [0.4, 0.5) is 0 Å². The average Bonchev–Trinajstić information content (AvgIpc) is 2.39. The van der Waals surface area contributed by atoms with Crippen LogP contribution in [0.1, 0.15) is 23.6 Å². The summed E-state index contributed by atoms with van der Waals surface area (Å²) in [5, 5.41) is 3.36. The molecule has 19 heavy (non-hydrogen) atoms. The third-order valence-electron chi connectivity index (χ3n) is 3.04. The van der Waals surface area contributed by atoms with Crippen LogP contribution in [0.2, 0.25) is 0 Å². The second kappa shape index (κ2) is 6.78. The summed E-state index contributed by atoms with van der Waals surface area (Å²) in [4.78, 5) is 2.65. The topological polar surface area (TPSA) is 12.0 Å². The van der Waals surface area contributed by atoms with Crippen molar-refractivity contribution in [2.24, 2.45) is 0 Å². The molecule has 0 aliphatic rings. The van der Waals surface area contributed by atoms with Gasteiger partial charge in [-0.2, -0.15) is 0 Å². The Morgan fingerprint density at radius 2 is 1.89 bits per heavy atom. The van der Waals surface area contributed by atoms with E-state index in [-0.39, 0.29) is 0 Å². The van der Waals surface area contributed by atoms with Crippen molar-refractivity contribution < 1.29 is 0 Å². The molecule has 2 aromatic carbocycles. The first-order chi connectivity index (χ1) is 9.19. The summed E-state index contributed by atoms with van der Waals surface area (Å²) in [7, 11) is 0. The van der Waals surface area contributed by atoms with Crippen molar-refractivity contribution in [1.29, 1.82) is 0 Å². The van der Waals surface area contributed by atoms with Gasteiger partial charge in [-0.3, -0.25) is 0 Å². The zero-order valence-electron chi connectivity index (χ0n) is 11.9. The molecule has 0 saturated heterocycles. The summed E-state index contributed by atoms with van der Waals surface area (Å²) in [5.41, 5.74) is 4.02. The van der Waals surface area contributed by atoms with Crippen molar-refractivity contribution in [1.82, 2.24) is 5.32 Å². The van der Waals surface area contributed by atoms with Crippen molar-refractivity contribution in [3.8, 4) is 0 Å². The minimum absolute atomic E-state index is 0.951. The van der Waals surface area contributed by atoms with Crippen LogP contribution in [0.15, 0.2) is 52.3 Å². The van der Waals surface area contributed by atoms with Crippen molar-refractivity contribution in [3.63, 3.8) is 0 Å². The van der Waals surface area contributed by atoms with E-state index in [4.69, 9.17) is 0 Å². The van der Waals surface area contributed by atoms with Gasteiger partial charge in [0.05, 0.1) is 0 Å². The van der Waals surface area contributed by atoms with E-state index in [2.05, 4.69) is 68.6 Å². The fourth-order valence-corrected chi connectivity index (χ4v) is 3.01. The maximum atomic E-state index is 3.36. The summed E-state index contributed by atoms with van der Waals surface area (Å²) < 4.78 is 0. The van der Waals surface area contributed by atoms with Crippen molar-refractivity contribution >= 4 is 11.8 Å². The molecule has 0 fully saturated rings. The van der Waals surface area contributed by atoms with E-state index < -0.39 is 0 Å². The van der Waals surface area contributed by atoms with E-state index in [1.54, 1.807) is 0 Å². The molecule has 0 unspecified atom stereocenters. The van der Waals surface area contributed by atoms with E-state index in [9.17, 15) is 0 Å². The van der Waals surface area contributed by atoms with E-state index in [0.717, 1.165) is 13.1 Å². The molecule has 0 saturated carbocycles. The summed E-state index contributed by atoms with van der Waals surface area (Å²) in [6.45, 7) is 8.42. The Kier molecular flexibility index (Phi) is 5.06. The first-order valence-electron chi connectivity index (χ1n) is 6.74. The first kappa shape index (κ1) is 14.2. The molecule has 0 aliphatic heterocycles. The van der Waals surface area contributed by atoms with E-state index >= 15 is 0 Å². The van der Waals surface area contributed by atoms with Gasteiger partial charge < -0.3 is 5.32 Å². The third-order valence-corrected chi connectivity index (χ3v) is 4.20. The largest absolute Gasteiger partial charge is 0.313 e. The molecule has 1 nitrogen and oxygen atoms in total. The Balaban J connectivity index is 2.13. The standard InChI is InChI=1S/C17H21NS/c1-4-18-12-15-8-9-17(14(3)11-15)19-16-7-5-6-13(2)10-16/h5-11,18H,4,12H2,1-3H3. The summed E-state index contributed by atoms with van der Waals surface area (Å²) in [6.07, 6.45) is 0. The molecule has 0 bridgehead atoms. The Bertz CT molecular complexity index is 549. The first-order valence-corrected chi connectivity index (χ1v) is 7.55. The maximum absolute atomic E-state index is 3.36. The molecule has 2 heteroatoms. The molecule has 0 spiro atoms. The minimum atomic E-state index is 0.951. The molecule has 100 valence electrons. The van der Waals surface area contributed by atoms with Gasteiger partial charge in [0, 0.05) is 16.3 Å². The van der Waals surface area contributed by atoms with Crippen LogP contribution in [0.5, 0.6) is 0 Å². The van der Waals surface area contributed by atoms with Gasteiger partial charge in [-0.25, -0.2) is 0 Å². The monoisotopic (exact) mass is 271 g/mol. The van der Waals surface area contributed by atoms with E-state index in [1.807, 2.05) is 11.8 Å². The van der Waals surface area contributed by atoms with Crippen LogP contribution in [0, 0.1) is 13.8 Å². The molecule has 0 amide bonds. The predicted molar refractivity (Wildman–Crippen MR) is 83.9 cm³/mol. The SMILES string of the molecule is CCNCc1ccc(Sc2cccc(C)c2)c(C)c1. The highest BCUT2D eigenvalue weighted by Crippen LogP contribution is 2.31. The fraction of sp³-hybridized carbons (Fsp3) is 0.294. The summed E-state index contributed by atoms with van der Waals surface area (Å²) >= 11 is 1.84. The molecular weight excluding hydrogens is 250 g/mol. The molecule has 0 heterocycles. The second-order valence-electron chi connectivity index (χ2n) is 4.80. The van der Waals surface area contributed by atoms with Crippen LogP contribution in [0.3, 0.4) is 0 Å².